The Morgan fingerprint density at radius 1 is 1.43 bits per heavy atom. The van der Waals surface area contributed by atoms with E-state index in [9.17, 15) is 0 Å². The summed E-state index contributed by atoms with van der Waals surface area (Å²) < 4.78 is 0. The second kappa shape index (κ2) is 6.61. The summed E-state index contributed by atoms with van der Waals surface area (Å²) in [5.74, 6) is 0.853. The first-order valence-corrected chi connectivity index (χ1v) is 5.52. The smallest absolute Gasteiger partial charge is 0.00462 e. The van der Waals surface area contributed by atoms with Gasteiger partial charge in [0, 0.05) is 0 Å². The minimum absolute atomic E-state index is 0.853. The summed E-state index contributed by atoms with van der Waals surface area (Å²) in [4.78, 5) is 0. The lowest BCUT2D eigenvalue weighted by Gasteiger charge is -2.22. The Hall–Kier alpha value is -0.820. The summed E-state index contributed by atoms with van der Waals surface area (Å²) in [5, 5.41) is 3.39. The Kier molecular flexibility index (Phi) is 5.31. The first-order chi connectivity index (χ1) is 6.86. The fraction of sp³-hybridized carbons (Fsp3) is 0.538. The highest BCUT2D eigenvalue weighted by Gasteiger charge is 2.12. The average molecular weight is 191 g/mol. The van der Waals surface area contributed by atoms with Crippen molar-refractivity contribution in [2.24, 2.45) is 5.92 Å². The van der Waals surface area contributed by atoms with Crippen LogP contribution in [-0.2, 0) is 0 Å². The molecule has 0 radical (unpaired) electrons. The lowest BCUT2D eigenvalue weighted by Crippen LogP contribution is -2.27. The molecule has 1 heteroatoms. The van der Waals surface area contributed by atoms with E-state index < -0.39 is 0 Å². The van der Waals surface area contributed by atoms with Crippen LogP contribution in [0, 0.1) is 5.92 Å². The first kappa shape index (κ1) is 11.3. The predicted molar refractivity (Wildman–Crippen MR) is 63.3 cm³/mol. The minimum Gasteiger partial charge on any atom is -0.317 e. The molecule has 0 spiro atoms. The quantitative estimate of drug-likeness (QED) is 0.673. The Bertz CT molecular complexity index is 219. The fourth-order valence-corrected chi connectivity index (χ4v) is 1.86. The fourth-order valence-electron chi connectivity index (χ4n) is 1.86. The van der Waals surface area contributed by atoms with E-state index in [2.05, 4.69) is 30.1 Å². The van der Waals surface area contributed by atoms with Crippen molar-refractivity contribution in [3.63, 3.8) is 0 Å². The lowest BCUT2D eigenvalue weighted by atomic mass is 9.90. The van der Waals surface area contributed by atoms with E-state index >= 15 is 0 Å². The zero-order chi connectivity index (χ0) is 10.2. The van der Waals surface area contributed by atoms with Gasteiger partial charge < -0.3 is 5.32 Å². The molecule has 0 aromatic rings. The van der Waals surface area contributed by atoms with E-state index in [4.69, 9.17) is 0 Å². The summed E-state index contributed by atoms with van der Waals surface area (Å²) in [6.07, 6.45) is 12.1. The van der Waals surface area contributed by atoms with Crippen molar-refractivity contribution < 1.29 is 0 Å². The van der Waals surface area contributed by atoms with E-state index in [0.29, 0.717) is 0 Å². The molecular formula is C13H21N. The van der Waals surface area contributed by atoms with Crippen LogP contribution in [0.5, 0.6) is 0 Å². The average Bonchev–Trinajstić information content (AvgIpc) is 2.25. The van der Waals surface area contributed by atoms with Gasteiger partial charge in [0.25, 0.3) is 0 Å². The Labute approximate surface area is 87.6 Å². The number of piperidine rings is 1. The van der Waals surface area contributed by atoms with Gasteiger partial charge in [-0.3, -0.25) is 0 Å². The molecule has 1 nitrogen and oxygen atoms in total. The maximum atomic E-state index is 3.86. The zero-order valence-corrected chi connectivity index (χ0v) is 9.13. The molecule has 78 valence electrons. The van der Waals surface area contributed by atoms with E-state index in [1.165, 1.54) is 37.9 Å². The highest BCUT2D eigenvalue weighted by molar-refractivity contribution is 5.22. The van der Waals surface area contributed by atoms with Gasteiger partial charge in [-0.25, -0.2) is 0 Å². The van der Waals surface area contributed by atoms with E-state index in [1.807, 2.05) is 13.0 Å². The third-order valence-corrected chi connectivity index (χ3v) is 2.75. The van der Waals surface area contributed by atoms with Crippen molar-refractivity contribution in [1.29, 1.82) is 0 Å². The summed E-state index contributed by atoms with van der Waals surface area (Å²) in [7, 11) is 0. The van der Waals surface area contributed by atoms with E-state index in [1.54, 1.807) is 0 Å². The van der Waals surface area contributed by atoms with Crippen LogP contribution in [0.2, 0.25) is 0 Å². The molecule has 0 aromatic heterocycles. The van der Waals surface area contributed by atoms with Crippen LogP contribution in [0.4, 0.5) is 0 Å². The molecular weight excluding hydrogens is 170 g/mol. The zero-order valence-electron chi connectivity index (χ0n) is 9.13. The lowest BCUT2D eigenvalue weighted by molar-refractivity contribution is 0.374. The third-order valence-electron chi connectivity index (χ3n) is 2.75. The number of nitrogens with one attached hydrogen (secondary N) is 1. The largest absolute Gasteiger partial charge is 0.317 e. The molecule has 1 heterocycles. The SMILES string of the molecule is C=C/C(=C\C=C/C)CC1CCNCC1. The van der Waals surface area contributed by atoms with Crippen LogP contribution < -0.4 is 5.32 Å². The molecule has 1 saturated heterocycles. The van der Waals surface area contributed by atoms with Gasteiger partial charge in [-0.05, 0) is 50.8 Å². The van der Waals surface area contributed by atoms with Crippen LogP contribution in [0.25, 0.3) is 0 Å². The second-order valence-electron chi connectivity index (χ2n) is 3.87. The van der Waals surface area contributed by atoms with E-state index in [-0.39, 0.29) is 0 Å². The molecule has 0 atom stereocenters. The highest BCUT2D eigenvalue weighted by Crippen LogP contribution is 2.21. The van der Waals surface area contributed by atoms with Crippen molar-refractivity contribution in [3.05, 3.63) is 36.5 Å². The molecule has 0 amide bonds. The Balaban J connectivity index is 2.42. The third kappa shape index (κ3) is 3.93. The van der Waals surface area contributed by atoms with Crippen LogP contribution in [-0.4, -0.2) is 13.1 Å². The molecule has 1 N–H and O–H groups in total. The molecule has 1 aliphatic heterocycles. The maximum Gasteiger partial charge on any atom is -0.00462 e. The second-order valence-corrected chi connectivity index (χ2v) is 3.87. The molecule has 0 unspecified atom stereocenters. The van der Waals surface area contributed by atoms with Crippen molar-refractivity contribution in [3.8, 4) is 0 Å². The molecule has 0 bridgehead atoms. The van der Waals surface area contributed by atoms with Crippen LogP contribution in [0.1, 0.15) is 26.2 Å². The van der Waals surface area contributed by atoms with Gasteiger partial charge in [0.05, 0.1) is 0 Å². The maximum absolute atomic E-state index is 3.86. The molecule has 1 rings (SSSR count). The normalized spacial score (nSPS) is 20.2. The molecule has 1 aliphatic rings. The van der Waals surface area contributed by atoms with Crippen LogP contribution >= 0.6 is 0 Å². The molecule has 0 aliphatic carbocycles. The Morgan fingerprint density at radius 3 is 2.71 bits per heavy atom. The van der Waals surface area contributed by atoms with Crippen molar-refractivity contribution >= 4 is 0 Å². The van der Waals surface area contributed by atoms with Gasteiger partial charge in [-0.1, -0.05) is 30.9 Å². The number of hydrogen-bond donors (Lipinski definition) is 1. The molecule has 1 fully saturated rings. The van der Waals surface area contributed by atoms with Crippen molar-refractivity contribution in [2.45, 2.75) is 26.2 Å². The first-order valence-electron chi connectivity index (χ1n) is 5.52. The summed E-state index contributed by atoms with van der Waals surface area (Å²) in [5.41, 5.74) is 1.37. The molecule has 0 aromatic carbocycles. The van der Waals surface area contributed by atoms with Gasteiger partial charge >= 0.3 is 0 Å². The van der Waals surface area contributed by atoms with Gasteiger partial charge in [0.15, 0.2) is 0 Å². The number of hydrogen-bond acceptors (Lipinski definition) is 1. The van der Waals surface area contributed by atoms with Gasteiger partial charge in [0.1, 0.15) is 0 Å². The van der Waals surface area contributed by atoms with Crippen molar-refractivity contribution in [1.82, 2.24) is 5.32 Å². The number of rotatable bonds is 4. The Morgan fingerprint density at radius 2 is 2.14 bits per heavy atom. The van der Waals surface area contributed by atoms with Gasteiger partial charge in [0.2, 0.25) is 0 Å². The summed E-state index contributed by atoms with van der Waals surface area (Å²) in [6, 6.07) is 0. The standard InChI is InChI=1S/C13H21N/c1-3-5-6-12(4-2)11-13-7-9-14-10-8-13/h3-6,13-14H,2,7-11H2,1H3/b5-3-,12-6+. The van der Waals surface area contributed by atoms with E-state index in [0.717, 1.165) is 5.92 Å². The van der Waals surface area contributed by atoms with Gasteiger partial charge in [-0.15, -0.1) is 0 Å². The topological polar surface area (TPSA) is 12.0 Å². The highest BCUT2D eigenvalue weighted by atomic mass is 14.9. The number of allylic oxidation sites excluding steroid dienone is 5. The van der Waals surface area contributed by atoms with Crippen molar-refractivity contribution in [2.75, 3.05) is 13.1 Å². The molecule has 0 saturated carbocycles. The summed E-state index contributed by atoms with van der Waals surface area (Å²) >= 11 is 0. The molecule has 14 heavy (non-hydrogen) atoms. The predicted octanol–water partition coefficient (Wildman–Crippen LogP) is 3.06. The van der Waals surface area contributed by atoms with Crippen LogP contribution in [0.3, 0.4) is 0 Å². The van der Waals surface area contributed by atoms with Gasteiger partial charge in [-0.2, -0.15) is 0 Å². The monoisotopic (exact) mass is 191 g/mol. The minimum atomic E-state index is 0.853. The summed E-state index contributed by atoms with van der Waals surface area (Å²) in [6.45, 7) is 8.26. The van der Waals surface area contributed by atoms with Crippen LogP contribution in [0.15, 0.2) is 36.5 Å².